The SMILES string of the molecule is Cc1nnnn1-c1cccc(N[C@@H](C)c2cc3cc(Cl)c(F)cc3[nH]c2=O)c1. The van der Waals surface area contributed by atoms with Crippen LogP contribution < -0.4 is 10.9 Å². The molecule has 0 unspecified atom stereocenters. The molecule has 142 valence electrons. The van der Waals surface area contributed by atoms with Crippen molar-refractivity contribution >= 4 is 28.2 Å². The normalized spacial score (nSPS) is 12.3. The second-order valence-electron chi connectivity index (χ2n) is 6.46. The number of nitrogens with zero attached hydrogens (tertiary/aromatic N) is 4. The van der Waals surface area contributed by atoms with Gasteiger partial charge in [-0.15, -0.1) is 5.10 Å². The van der Waals surface area contributed by atoms with Gasteiger partial charge in [0.25, 0.3) is 5.56 Å². The summed E-state index contributed by atoms with van der Waals surface area (Å²) < 4.78 is 15.2. The number of anilines is 1. The standard InChI is InChI=1S/C19H16ClFN6O/c1-10(15-6-12-7-16(20)17(21)9-18(12)23-19(15)28)22-13-4-3-5-14(8-13)27-11(2)24-25-26-27/h3-10,22H,1-2H3,(H,23,28)/t10-/m0/s1. The van der Waals surface area contributed by atoms with Gasteiger partial charge in [-0.05, 0) is 60.7 Å². The molecule has 0 saturated heterocycles. The molecule has 0 aliphatic heterocycles. The van der Waals surface area contributed by atoms with E-state index in [4.69, 9.17) is 11.6 Å². The summed E-state index contributed by atoms with van der Waals surface area (Å²) in [6, 6.07) is 11.7. The maximum absolute atomic E-state index is 13.6. The number of tetrazole rings is 1. The minimum atomic E-state index is -0.571. The highest BCUT2D eigenvalue weighted by Crippen LogP contribution is 2.24. The quantitative estimate of drug-likeness (QED) is 0.546. The number of aryl methyl sites for hydroxylation is 1. The number of H-pyrrole nitrogens is 1. The Hall–Kier alpha value is -3.26. The van der Waals surface area contributed by atoms with E-state index < -0.39 is 5.82 Å². The molecule has 0 amide bonds. The predicted octanol–water partition coefficient (Wildman–Crippen LogP) is 3.78. The second kappa shape index (κ2) is 7.05. The lowest BCUT2D eigenvalue weighted by Gasteiger charge is -2.16. The van der Waals surface area contributed by atoms with Crippen molar-refractivity contribution in [3.63, 3.8) is 0 Å². The van der Waals surface area contributed by atoms with Crippen molar-refractivity contribution in [3.05, 3.63) is 75.0 Å². The van der Waals surface area contributed by atoms with Gasteiger partial charge in [-0.25, -0.2) is 4.39 Å². The van der Waals surface area contributed by atoms with Gasteiger partial charge in [0.15, 0.2) is 5.82 Å². The van der Waals surface area contributed by atoms with Gasteiger partial charge in [0.2, 0.25) is 0 Å². The molecule has 0 radical (unpaired) electrons. The summed E-state index contributed by atoms with van der Waals surface area (Å²) in [5.74, 6) is 0.0960. The van der Waals surface area contributed by atoms with Crippen LogP contribution in [0, 0.1) is 12.7 Å². The van der Waals surface area contributed by atoms with Crippen LogP contribution in [0.3, 0.4) is 0 Å². The molecular weight excluding hydrogens is 383 g/mol. The fraction of sp³-hybridized carbons (Fsp3) is 0.158. The highest BCUT2D eigenvalue weighted by Gasteiger charge is 2.13. The molecule has 2 heterocycles. The molecule has 9 heteroatoms. The van der Waals surface area contributed by atoms with Crippen molar-refractivity contribution in [2.75, 3.05) is 5.32 Å². The molecule has 0 aliphatic carbocycles. The number of fused-ring (bicyclic) bond motifs is 1. The Morgan fingerprint density at radius 2 is 2.07 bits per heavy atom. The van der Waals surface area contributed by atoms with Crippen molar-refractivity contribution < 1.29 is 4.39 Å². The maximum Gasteiger partial charge on any atom is 0.253 e. The third kappa shape index (κ3) is 3.34. The summed E-state index contributed by atoms with van der Waals surface area (Å²) >= 11 is 5.87. The van der Waals surface area contributed by atoms with Crippen molar-refractivity contribution in [1.29, 1.82) is 0 Å². The summed E-state index contributed by atoms with van der Waals surface area (Å²) in [7, 11) is 0. The molecular formula is C19H16ClFN6O. The van der Waals surface area contributed by atoms with Gasteiger partial charge < -0.3 is 10.3 Å². The van der Waals surface area contributed by atoms with Crippen molar-refractivity contribution in [2.24, 2.45) is 0 Å². The number of pyridine rings is 1. The fourth-order valence-electron chi connectivity index (χ4n) is 3.06. The first-order valence-corrected chi connectivity index (χ1v) is 8.94. The first-order chi connectivity index (χ1) is 13.4. The topological polar surface area (TPSA) is 88.5 Å². The molecule has 1 atom stereocenters. The Balaban J connectivity index is 1.66. The first kappa shape index (κ1) is 18.1. The van der Waals surface area contributed by atoms with Crippen LogP contribution in [0.5, 0.6) is 0 Å². The number of halogens is 2. The number of rotatable bonds is 4. The van der Waals surface area contributed by atoms with Crippen LogP contribution in [0.1, 0.15) is 24.4 Å². The number of hydrogen-bond donors (Lipinski definition) is 2. The van der Waals surface area contributed by atoms with E-state index in [2.05, 4.69) is 25.8 Å². The van der Waals surface area contributed by atoms with Crippen LogP contribution >= 0.6 is 11.6 Å². The van der Waals surface area contributed by atoms with Crippen molar-refractivity contribution in [3.8, 4) is 5.69 Å². The van der Waals surface area contributed by atoms with Gasteiger partial charge in [0.05, 0.1) is 22.3 Å². The van der Waals surface area contributed by atoms with Crippen molar-refractivity contribution in [2.45, 2.75) is 19.9 Å². The van der Waals surface area contributed by atoms with Crippen molar-refractivity contribution in [1.82, 2.24) is 25.2 Å². The third-order valence-corrected chi connectivity index (χ3v) is 4.77. The van der Waals surface area contributed by atoms with E-state index in [1.54, 1.807) is 10.7 Å². The Labute approximate surface area is 164 Å². The molecule has 2 aromatic heterocycles. The average molecular weight is 399 g/mol. The lowest BCUT2D eigenvalue weighted by Crippen LogP contribution is -2.19. The Kier molecular flexibility index (Phi) is 4.56. The van der Waals surface area contributed by atoms with E-state index in [0.717, 1.165) is 11.4 Å². The van der Waals surface area contributed by atoms with E-state index in [1.165, 1.54) is 12.1 Å². The Morgan fingerprint density at radius 1 is 1.25 bits per heavy atom. The summed E-state index contributed by atoms with van der Waals surface area (Å²) in [5, 5.41) is 15.5. The van der Waals surface area contributed by atoms with Crippen LogP contribution in [0.2, 0.25) is 5.02 Å². The van der Waals surface area contributed by atoms with Gasteiger partial charge in [-0.2, -0.15) is 4.68 Å². The van der Waals surface area contributed by atoms with Gasteiger partial charge >= 0.3 is 0 Å². The largest absolute Gasteiger partial charge is 0.378 e. The molecule has 0 fully saturated rings. The zero-order valence-corrected chi connectivity index (χ0v) is 15.8. The zero-order valence-electron chi connectivity index (χ0n) is 15.1. The number of aromatic nitrogens is 5. The van der Waals surface area contributed by atoms with E-state index in [0.29, 0.717) is 22.3 Å². The minimum Gasteiger partial charge on any atom is -0.378 e. The predicted molar refractivity (Wildman–Crippen MR) is 105 cm³/mol. The van der Waals surface area contributed by atoms with E-state index in [-0.39, 0.29) is 16.6 Å². The van der Waals surface area contributed by atoms with Crippen LogP contribution in [-0.4, -0.2) is 25.2 Å². The Morgan fingerprint density at radius 3 is 2.82 bits per heavy atom. The van der Waals surface area contributed by atoms with E-state index >= 15 is 0 Å². The first-order valence-electron chi connectivity index (χ1n) is 8.56. The molecule has 4 rings (SSSR count). The molecule has 0 aliphatic rings. The van der Waals surface area contributed by atoms with E-state index in [1.807, 2.05) is 38.1 Å². The molecule has 0 saturated carbocycles. The van der Waals surface area contributed by atoms with Gasteiger partial charge in [0, 0.05) is 16.6 Å². The maximum atomic E-state index is 13.6. The highest BCUT2D eigenvalue weighted by atomic mass is 35.5. The second-order valence-corrected chi connectivity index (χ2v) is 6.87. The number of benzene rings is 2. The zero-order chi connectivity index (χ0) is 19.8. The molecule has 2 N–H and O–H groups in total. The molecule has 0 spiro atoms. The van der Waals surface area contributed by atoms with Gasteiger partial charge in [-0.1, -0.05) is 17.7 Å². The van der Waals surface area contributed by atoms with Gasteiger partial charge in [0.1, 0.15) is 5.82 Å². The summed E-state index contributed by atoms with van der Waals surface area (Å²) in [6.07, 6.45) is 0. The number of nitrogens with one attached hydrogen (secondary N) is 2. The minimum absolute atomic E-state index is 0.00984. The van der Waals surface area contributed by atoms with Gasteiger partial charge in [-0.3, -0.25) is 4.79 Å². The smallest absolute Gasteiger partial charge is 0.253 e. The number of aromatic amines is 1. The highest BCUT2D eigenvalue weighted by molar-refractivity contribution is 6.31. The lowest BCUT2D eigenvalue weighted by atomic mass is 10.1. The molecule has 0 bridgehead atoms. The Bertz CT molecular complexity index is 1230. The molecule has 7 nitrogen and oxygen atoms in total. The summed E-state index contributed by atoms with van der Waals surface area (Å²) in [6.45, 7) is 3.68. The van der Waals surface area contributed by atoms with Crippen LogP contribution in [0.15, 0.2) is 47.3 Å². The third-order valence-electron chi connectivity index (χ3n) is 4.48. The van der Waals surface area contributed by atoms with E-state index in [9.17, 15) is 9.18 Å². The lowest BCUT2D eigenvalue weighted by molar-refractivity contribution is 0.629. The van der Waals surface area contributed by atoms with Crippen LogP contribution in [-0.2, 0) is 0 Å². The molecule has 4 aromatic rings. The number of hydrogen-bond acceptors (Lipinski definition) is 5. The molecule has 28 heavy (non-hydrogen) atoms. The van der Waals surface area contributed by atoms with Crippen LogP contribution in [0.25, 0.3) is 16.6 Å². The fourth-order valence-corrected chi connectivity index (χ4v) is 3.24. The summed E-state index contributed by atoms with van der Waals surface area (Å²) in [4.78, 5) is 15.2. The van der Waals surface area contributed by atoms with Crippen LogP contribution in [0.4, 0.5) is 10.1 Å². The molecule has 2 aromatic carbocycles. The average Bonchev–Trinajstić information content (AvgIpc) is 3.09. The monoisotopic (exact) mass is 398 g/mol. The summed E-state index contributed by atoms with van der Waals surface area (Å²) in [5.41, 5.74) is 2.23.